The molecule has 1 saturated heterocycles. The minimum Gasteiger partial charge on any atom is -0.397 e. The number of carbonyl (C=O) groups excluding carboxylic acids is 1. The van der Waals surface area contributed by atoms with Gasteiger partial charge in [0.1, 0.15) is 4.88 Å². The van der Waals surface area contributed by atoms with Gasteiger partial charge in [-0.3, -0.25) is 4.79 Å². The molecule has 0 radical (unpaired) electrons. The number of hydrogen-bond acceptors (Lipinski definition) is 3. The Labute approximate surface area is 129 Å². The lowest BCUT2D eigenvalue weighted by molar-refractivity contribution is 0.0790. The zero-order chi connectivity index (χ0) is 15.1. The van der Waals surface area contributed by atoms with Crippen molar-refractivity contribution < 1.29 is 4.79 Å². The molecular formula is C17H22N2OS. The smallest absolute Gasteiger partial charge is 0.266 e. The Bertz CT molecular complexity index is 689. The van der Waals surface area contributed by atoms with Gasteiger partial charge >= 0.3 is 0 Å². The second-order valence-corrected chi connectivity index (χ2v) is 7.44. The van der Waals surface area contributed by atoms with Gasteiger partial charge in [-0.15, -0.1) is 11.3 Å². The van der Waals surface area contributed by atoms with Crippen LogP contribution >= 0.6 is 11.3 Å². The lowest BCUT2D eigenvalue weighted by Crippen LogP contribution is -2.29. The fourth-order valence-electron chi connectivity index (χ4n) is 3.05. The molecule has 21 heavy (non-hydrogen) atoms. The number of anilines is 1. The average molecular weight is 302 g/mol. The second kappa shape index (κ2) is 5.34. The van der Waals surface area contributed by atoms with E-state index in [1.165, 1.54) is 16.9 Å². The van der Waals surface area contributed by atoms with Crippen LogP contribution in [0.3, 0.4) is 0 Å². The summed E-state index contributed by atoms with van der Waals surface area (Å²) < 4.78 is 1.10. The average Bonchev–Trinajstić information content (AvgIpc) is 3.04. The van der Waals surface area contributed by atoms with Gasteiger partial charge in [0, 0.05) is 23.2 Å². The summed E-state index contributed by atoms with van der Waals surface area (Å²) >= 11 is 1.52. The van der Waals surface area contributed by atoms with E-state index in [4.69, 9.17) is 5.73 Å². The number of likely N-dealkylation sites (tertiary alicyclic amines) is 1. The highest BCUT2D eigenvalue weighted by molar-refractivity contribution is 7.21. The van der Waals surface area contributed by atoms with E-state index >= 15 is 0 Å². The summed E-state index contributed by atoms with van der Waals surface area (Å²) in [6.45, 7) is 8.23. The molecular weight excluding hydrogens is 280 g/mol. The Morgan fingerprint density at radius 3 is 2.86 bits per heavy atom. The SMILES string of the molecule is Cc1ccc2sc(C(=O)N3CCC(C(C)C)C3)c(N)c2c1. The Morgan fingerprint density at radius 2 is 2.19 bits per heavy atom. The van der Waals surface area contributed by atoms with Crippen LogP contribution in [0.25, 0.3) is 10.1 Å². The van der Waals surface area contributed by atoms with E-state index in [-0.39, 0.29) is 5.91 Å². The van der Waals surface area contributed by atoms with E-state index in [2.05, 4.69) is 32.0 Å². The number of fused-ring (bicyclic) bond motifs is 1. The van der Waals surface area contributed by atoms with Gasteiger partial charge in [-0.05, 0) is 37.3 Å². The molecule has 1 amide bonds. The third kappa shape index (κ3) is 2.53. The van der Waals surface area contributed by atoms with Crippen LogP contribution in [0.1, 0.15) is 35.5 Å². The van der Waals surface area contributed by atoms with E-state index in [0.29, 0.717) is 22.4 Å². The Balaban J connectivity index is 1.90. The van der Waals surface area contributed by atoms with E-state index in [1.807, 2.05) is 11.8 Å². The second-order valence-electron chi connectivity index (χ2n) is 6.39. The number of benzene rings is 1. The lowest BCUT2D eigenvalue weighted by Gasteiger charge is -2.17. The number of nitrogen functional groups attached to an aromatic ring is 1. The van der Waals surface area contributed by atoms with Crippen LogP contribution in [0.4, 0.5) is 5.69 Å². The number of nitrogens with two attached hydrogens (primary N) is 1. The maximum Gasteiger partial charge on any atom is 0.266 e. The molecule has 1 atom stereocenters. The summed E-state index contributed by atoms with van der Waals surface area (Å²) in [4.78, 5) is 15.4. The van der Waals surface area contributed by atoms with Gasteiger partial charge in [0.05, 0.1) is 5.69 Å². The molecule has 112 valence electrons. The van der Waals surface area contributed by atoms with Crippen molar-refractivity contribution in [3.8, 4) is 0 Å². The third-order valence-electron chi connectivity index (χ3n) is 4.53. The zero-order valence-corrected chi connectivity index (χ0v) is 13.7. The van der Waals surface area contributed by atoms with E-state index in [9.17, 15) is 4.79 Å². The predicted molar refractivity (Wildman–Crippen MR) is 89.8 cm³/mol. The highest BCUT2D eigenvalue weighted by Crippen LogP contribution is 2.36. The topological polar surface area (TPSA) is 46.3 Å². The van der Waals surface area contributed by atoms with E-state index in [0.717, 1.165) is 29.6 Å². The molecule has 0 aliphatic carbocycles. The van der Waals surface area contributed by atoms with Crippen LogP contribution in [-0.4, -0.2) is 23.9 Å². The highest BCUT2D eigenvalue weighted by Gasteiger charge is 2.30. The van der Waals surface area contributed by atoms with Gasteiger partial charge in [0.15, 0.2) is 0 Å². The summed E-state index contributed by atoms with van der Waals surface area (Å²) in [6.07, 6.45) is 1.10. The van der Waals surface area contributed by atoms with Crippen LogP contribution in [0.2, 0.25) is 0 Å². The van der Waals surface area contributed by atoms with Crippen LogP contribution in [0.15, 0.2) is 18.2 Å². The summed E-state index contributed by atoms with van der Waals surface area (Å²) in [7, 11) is 0. The standard InChI is InChI=1S/C17H22N2OS/c1-10(2)12-6-7-19(9-12)17(20)16-15(18)13-8-11(3)4-5-14(13)21-16/h4-5,8,10,12H,6-7,9,18H2,1-3H3. The Kier molecular flexibility index (Phi) is 3.66. The van der Waals surface area contributed by atoms with Crippen molar-refractivity contribution in [2.75, 3.05) is 18.8 Å². The van der Waals surface area contributed by atoms with Gasteiger partial charge in [-0.1, -0.05) is 25.5 Å². The number of aryl methyl sites for hydroxylation is 1. The molecule has 1 fully saturated rings. The molecule has 1 aromatic carbocycles. The summed E-state index contributed by atoms with van der Waals surface area (Å²) in [5.41, 5.74) is 8.06. The maximum atomic E-state index is 12.7. The van der Waals surface area contributed by atoms with Crippen LogP contribution in [-0.2, 0) is 0 Å². The molecule has 1 aliphatic heterocycles. The molecule has 3 nitrogen and oxygen atoms in total. The van der Waals surface area contributed by atoms with Crippen molar-refractivity contribution in [2.45, 2.75) is 27.2 Å². The van der Waals surface area contributed by atoms with Crippen LogP contribution < -0.4 is 5.73 Å². The predicted octanol–water partition coefficient (Wildman–Crippen LogP) is 3.91. The van der Waals surface area contributed by atoms with E-state index in [1.54, 1.807) is 0 Å². The highest BCUT2D eigenvalue weighted by atomic mass is 32.1. The summed E-state index contributed by atoms with van der Waals surface area (Å²) in [5, 5.41) is 1.02. The van der Waals surface area contributed by atoms with Gasteiger partial charge < -0.3 is 10.6 Å². The van der Waals surface area contributed by atoms with Crippen LogP contribution in [0, 0.1) is 18.8 Å². The van der Waals surface area contributed by atoms with Gasteiger partial charge in [-0.2, -0.15) is 0 Å². The molecule has 0 spiro atoms. The van der Waals surface area contributed by atoms with Crippen molar-refractivity contribution in [1.29, 1.82) is 0 Å². The van der Waals surface area contributed by atoms with Crippen molar-refractivity contribution in [1.82, 2.24) is 4.90 Å². The molecule has 1 aromatic heterocycles. The van der Waals surface area contributed by atoms with Crippen molar-refractivity contribution >= 4 is 33.0 Å². The first-order valence-corrected chi connectivity index (χ1v) is 8.37. The first-order valence-electron chi connectivity index (χ1n) is 7.55. The van der Waals surface area contributed by atoms with Crippen LogP contribution in [0.5, 0.6) is 0 Å². The largest absolute Gasteiger partial charge is 0.397 e. The molecule has 3 rings (SSSR count). The molecule has 1 unspecified atom stereocenters. The van der Waals surface area contributed by atoms with Crippen molar-refractivity contribution in [3.05, 3.63) is 28.6 Å². The quantitative estimate of drug-likeness (QED) is 0.914. The lowest BCUT2D eigenvalue weighted by atomic mass is 9.95. The van der Waals surface area contributed by atoms with Gasteiger partial charge in [-0.25, -0.2) is 0 Å². The minimum atomic E-state index is 0.106. The molecule has 4 heteroatoms. The summed E-state index contributed by atoms with van der Waals surface area (Å²) in [6, 6.07) is 6.19. The summed E-state index contributed by atoms with van der Waals surface area (Å²) in [5.74, 6) is 1.35. The Morgan fingerprint density at radius 1 is 1.43 bits per heavy atom. The molecule has 1 aliphatic rings. The zero-order valence-electron chi connectivity index (χ0n) is 12.8. The van der Waals surface area contributed by atoms with Gasteiger partial charge in [0.2, 0.25) is 0 Å². The molecule has 2 heterocycles. The maximum absolute atomic E-state index is 12.7. The third-order valence-corrected chi connectivity index (χ3v) is 5.71. The first kappa shape index (κ1) is 14.4. The minimum absolute atomic E-state index is 0.106. The number of carbonyl (C=O) groups is 1. The van der Waals surface area contributed by atoms with E-state index < -0.39 is 0 Å². The Hall–Kier alpha value is -1.55. The molecule has 2 N–H and O–H groups in total. The molecule has 0 saturated carbocycles. The monoisotopic (exact) mass is 302 g/mol. The number of nitrogens with zero attached hydrogens (tertiary/aromatic N) is 1. The number of rotatable bonds is 2. The first-order chi connectivity index (χ1) is 9.97. The van der Waals surface area contributed by atoms with Crippen molar-refractivity contribution in [3.63, 3.8) is 0 Å². The number of amides is 1. The fraction of sp³-hybridized carbons (Fsp3) is 0.471. The van der Waals surface area contributed by atoms with Crippen molar-refractivity contribution in [2.24, 2.45) is 11.8 Å². The molecule has 2 aromatic rings. The molecule has 0 bridgehead atoms. The normalized spacial score (nSPS) is 18.9. The fourth-order valence-corrected chi connectivity index (χ4v) is 4.12. The van der Waals surface area contributed by atoms with Gasteiger partial charge in [0.25, 0.3) is 5.91 Å². The number of thiophene rings is 1. The number of hydrogen-bond donors (Lipinski definition) is 1.